The van der Waals surface area contributed by atoms with Gasteiger partial charge in [-0.25, -0.2) is 0 Å². The van der Waals surface area contributed by atoms with Crippen LogP contribution in [0.1, 0.15) is 71.8 Å². The van der Waals surface area contributed by atoms with Gasteiger partial charge in [-0.2, -0.15) is 0 Å². The molecule has 0 saturated heterocycles. The van der Waals surface area contributed by atoms with Gasteiger partial charge in [0.1, 0.15) is 11.6 Å². The van der Waals surface area contributed by atoms with Gasteiger partial charge in [0.05, 0.1) is 7.11 Å². The van der Waals surface area contributed by atoms with E-state index in [1.807, 2.05) is 6.92 Å². The van der Waals surface area contributed by atoms with Gasteiger partial charge in [-0.05, 0) is 31.0 Å². The third-order valence-electron chi connectivity index (χ3n) is 4.86. The van der Waals surface area contributed by atoms with Gasteiger partial charge in [-0.15, -0.1) is 0 Å². The number of ether oxygens (including phenoxy) is 4. The zero-order valence-corrected chi connectivity index (χ0v) is 20.1. The van der Waals surface area contributed by atoms with E-state index in [1.165, 1.54) is 19.2 Å². The molecule has 0 aliphatic carbocycles. The maximum Gasteiger partial charge on any atom is 0.326 e. The van der Waals surface area contributed by atoms with Crippen LogP contribution in [0.3, 0.4) is 0 Å². The van der Waals surface area contributed by atoms with E-state index in [1.54, 1.807) is 26.8 Å². The Morgan fingerprint density at radius 2 is 1.58 bits per heavy atom. The van der Waals surface area contributed by atoms with Gasteiger partial charge in [-0.3, -0.25) is 19.2 Å². The Morgan fingerprint density at radius 3 is 2.12 bits per heavy atom. The second kappa shape index (κ2) is 13.6. The second-order valence-electron chi connectivity index (χ2n) is 7.87. The average molecular weight is 466 g/mol. The van der Waals surface area contributed by atoms with E-state index in [2.05, 4.69) is 0 Å². The van der Waals surface area contributed by atoms with E-state index >= 15 is 0 Å². The van der Waals surface area contributed by atoms with Crippen molar-refractivity contribution < 1.29 is 38.1 Å². The summed E-state index contributed by atoms with van der Waals surface area (Å²) in [5.74, 6) is -1.89. The number of hydrogen-bond donors (Lipinski definition) is 1. The third-order valence-corrected chi connectivity index (χ3v) is 4.86. The normalized spacial score (nSPS) is 13.4. The molecular formula is C24H35NO8. The van der Waals surface area contributed by atoms with Crippen LogP contribution in [0.2, 0.25) is 0 Å². The highest BCUT2D eigenvalue weighted by molar-refractivity contribution is 5.81. The maximum absolute atomic E-state index is 12.5. The van der Waals surface area contributed by atoms with Gasteiger partial charge in [0, 0.05) is 32.1 Å². The molecule has 33 heavy (non-hydrogen) atoms. The van der Waals surface area contributed by atoms with Crippen molar-refractivity contribution in [1.82, 2.24) is 0 Å². The quantitative estimate of drug-likeness (QED) is 0.344. The number of benzene rings is 1. The summed E-state index contributed by atoms with van der Waals surface area (Å²) in [5, 5.41) is 0. The lowest BCUT2D eigenvalue weighted by atomic mass is 9.86. The molecule has 0 amide bonds. The molecule has 1 aromatic rings. The molecule has 1 rings (SSSR count). The molecule has 2 atom stereocenters. The minimum atomic E-state index is -1.51. The highest BCUT2D eigenvalue weighted by Crippen LogP contribution is 2.31. The van der Waals surface area contributed by atoms with Crippen LogP contribution >= 0.6 is 0 Å². The molecule has 0 radical (unpaired) electrons. The van der Waals surface area contributed by atoms with Crippen LogP contribution in [0.15, 0.2) is 18.2 Å². The standard InChI is InChI=1S/C24H35NO8/c1-6-9-10-22(28)31-16(4)14-24(25,23(29)30-5)15-17-11-12-18(32-20(26)7-2)19(13-17)33-21(27)8-3/h11-13,16H,6-10,14-15,25H2,1-5H3/t16?,24-/m1/s1. The zero-order chi connectivity index (χ0) is 25.0. The molecule has 1 unspecified atom stereocenters. The first-order valence-corrected chi connectivity index (χ1v) is 11.2. The minimum Gasteiger partial charge on any atom is -0.468 e. The van der Waals surface area contributed by atoms with Gasteiger partial charge >= 0.3 is 23.9 Å². The van der Waals surface area contributed by atoms with Crippen molar-refractivity contribution in [2.24, 2.45) is 5.73 Å². The molecule has 0 heterocycles. The van der Waals surface area contributed by atoms with E-state index in [4.69, 9.17) is 24.7 Å². The Labute approximate surface area is 194 Å². The van der Waals surface area contributed by atoms with Crippen LogP contribution in [0.25, 0.3) is 0 Å². The van der Waals surface area contributed by atoms with Crippen molar-refractivity contribution in [1.29, 1.82) is 0 Å². The van der Waals surface area contributed by atoms with E-state index < -0.39 is 29.6 Å². The minimum absolute atomic E-state index is 0.00913. The number of hydrogen-bond acceptors (Lipinski definition) is 9. The molecule has 9 nitrogen and oxygen atoms in total. The molecule has 2 N–H and O–H groups in total. The second-order valence-corrected chi connectivity index (χ2v) is 7.87. The molecule has 0 aliphatic rings. The number of esters is 4. The number of rotatable bonds is 13. The molecule has 9 heteroatoms. The van der Waals surface area contributed by atoms with Gasteiger partial charge < -0.3 is 24.7 Å². The van der Waals surface area contributed by atoms with Crippen LogP contribution in [-0.2, 0) is 35.1 Å². The van der Waals surface area contributed by atoms with Crippen molar-refractivity contribution in [2.45, 2.75) is 84.3 Å². The van der Waals surface area contributed by atoms with Crippen LogP contribution in [0, 0.1) is 0 Å². The molecule has 0 fully saturated rings. The molecule has 184 valence electrons. The lowest BCUT2D eigenvalue weighted by Gasteiger charge is -2.29. The van der Waals surface area contributed by atoms with Gasteiger partial charge in [-0.1, -0.05) is 33.3 Å². The van der Waals surface area contributed by atoms with Gasteiger partial charge in [0.2, 0.25) is 0 Å². The van der Waals surface area contributed by atoms with Crippen LogP contribution in [0.5, 0.6) is 11.5 Å². The number of nitrogens with two attached hydrogens (primary N) is 1. The molecular weight excluding hydrogens is 430 g/mol. The summed E-state index contributed by atoms with van der Waals surface area (Å²) in [4.78, 5) is 48.1. The van der Waals surface area contributed by atoms with E-state index in [-0.39, 0.29) is 43.2 Å². The molecule has 0 aromatic heterocycles. The predicted molar refractivity (Wildman–Crippen MR) is 121 cm³/mol. The first kappa shape index (κ1) is 28.1. The fourth-order valence-electron chi connectivity index (χ4n) is 3.17. The van der Waals surface area contributed by atoms with Gasteiger partial charge in [0.25, 0.3) is 0 Å². The fourth-order valence-corrected chi connectivity index (χ4v) is 3.17. The summed E-state index contributed by atoms with van der Waals surface area (Å²) < 4.78 is 20.8. The summed E-state index contributed by atoms with van der Waals surface area (Å²) in [6.45, 7) is 6.91. The van der Waals surface area contributed by atoms with E-state index in [0.717, 1.165) is 6.42 Å². The molecule has 0 bridgehead atoms. The van der Waals surface area contributed by atoms with Crippen molar-refractivity contribution in [3.8, 4) is 11.5 Å². The maximum atomic E-state index is 12.5. The van der Waals surface area contributed by atoms with Crippen molar-refractivity contribution >= 4 is 23.9 Å². The highest BCUT2D eigenvalue weighted by atomic mass is 16.6. The fraction of sp³-hybridized carbons (Fsp3) is 0.583. The van der Waals surface area contributed by atoms with Crippen molar-refractivity contribution in [3.63, 3.8) is 0 Å². The Balaban J connectivity index is 3.14. The lowest BCUT2D eigenvalue weighted by molar-refractivity contribution is -0.155. The lowest BCUT2D eigenvalue weighted by Crippen LogP contribution is -2.53. The Kier molecular flexibility index (Phi) is 11.6. The first-order chi connectivity index (χ1) is 15.6. The number of carbonyl (C=O) groups excluding carboxylic acids is 4. The highest BCUT2D eigenvalue weighted by Gasteiger charge is 2.38. The largest absolute Gasteiger partial charge is 0.468 e. The summed E-state index contributed by atoms with van der Waals surface area (Å²) in [6.07, 6.45) is 1.54. The van der Waals surface area contributed by atoms with Crippen LogP contribution < -0.4 is 15.2 Å². The summed E-state index contributed by atoms with van der Waals surface area (Å²) >= 11 is 0. The van der Waals surface area contributed by atoms with Gasteiger partial charge in [0.15, 0.2) is 11.5 Å². The predicted octanol–water partition coefficient (Wildman–Crippen LogP) is 3.24. The topological polar surface area (TPSA) is 131 Å². The number of unbranched alkanes of at least 4 members (excludes halogenated alkanes) is 1. The van der Waals surface area contributed by atoms with Crippen molar-refractivity contribution in [3.05, 3.63) is 23.8 Å². The zero-order valence-electron chi connectivity index (χ0n) is 20.1. The smallest absolute Gasteiger partial charge is 0.326 e. The molecule has 0 aliphatic heterocycles. The SMILES string of the molecule is CCCCC(=O)OC(C)C[C@@](N)(Cc1ccc(OC(=O)CC)c(OC(=O)CC)c1)C(=O)OC. The average Bonchev–Trinajstić information content (AvgIpc) is 2.78. The van der Waals surface area contributed by atoms with Crippen LogP contribution in [-0.4, -0.2) is 42.6 Å². The Hall–Kier alpha value is -2.94. The summed E-state index contributed by atoms with van der Waals surface area (Å²) in [6, 6.07) is 4.59. The Bertz CT molecular complexity index is 838. The molecule has 0 saturated carbocycles. The molecule has 1 aromatic carbocycles. The first-order valence-electron chi connectivity index (χ1n) is 11.2. The van der Waals surface area contributed by atoms with E-state index in [0.29, 0.717) is 18.4 Å². The van der Waals surface area contributed by atoms with Crippen molar-refractivity contribution in [2.75, 3.05) is 7.11 Å². The summed E-state index contributed by atoms with van der Waals surface area (Å²) in [7, 11) is 1.23. The number of carbonyl (C=O) groups is 4. The van der Waals surface area contributed by atoms with E-state index in [9.17, 15) is 19.2 Å². The Morgan fingerprint density at radius 1 is 0.970 bits per heavy atom. The third kappa shape index (κ3) is 9.21. The molecule has 0 spiro atoms. The van der Waals surface area contributed by atoms with Crippen LogP contribution in [0.4, 0.5) is 0 Å². The number of methoxy groups -OCH3 is 1. The monoisotopic (exact) mass is 465 g/mol. The summed E-state index contributed by atoms with van der Waals surface area (Å²) in [5.41, 5.74) is 5.46.